The van der Waals surface area contributed by atoms with Crippen LogP contribution in [0.2, 0.25) is 0 Å². The van der Waals surface area contributed by atoms with Crippen LogP contribution in [0.15, 0.2) is 42.5 Å². The first kappa shape index (κ1) is 18.9. The number of nitrogens with zero attached hydrogens (tertiary/aromatic N) is 2. The number of ether oxygens (including phenoxy) is 1. The van der Waals surface area contributed by atoms with Crippen LogP contribution in [0.3, 0.4) is 0 Å². The Morgan fingerprint density at radius 1 is 1.15 bits per heavy atom. The Morgan fingerprint density at radius 3 is 2.44 bits per heavy atom. The van der Waals surface area contributed by atoms with E-state index in [2.05, 4.69) is 11.9 Å². The SMILES string of the molecule is CCCCn1c(-c2ccc(C(F)(F)F)cc2)nc2ccc(C(=O)OC)cc21. The summed E-state index contributed by atoms with van der Waals surface area (Å²) in [4.78, 5) is 16.4. The Balaban J connectivity index is 2.12. The minimum Gasteiger partial charge on any atom is -0.465 e. The molecule has 0 saturated carbocycles. The van der Waals surface area contributed by atoms with E-state index in [0.717, 1.165) is 30.5 Å². The molecule has 3 rings (SSSR count). The molecule has 3 aromatic rings. The number of esters is 1. The molecule has 0 N–H and O–H groups in total. The van der Waals surface area contributed by atoms with Crippen LogP contribution >= 0.6 is 0 Å². The van der Waals surface area contributed by atoms with Crippen LogP contribution in [-0.2, 0) is 17.5 Å². The molecule has 0 atom stereocenters. The number of benzene rings is 2. The molecule has 142 valence electrons. The minimum absolute atomic E-state index is 0.404. The minimum atomic E-state index is -4.38. The molecule has 7 heteroatoms. The van der Waals surface area contributed by atoms with Gasteiger partial charge in [-0.05, 0) is 36.8 Å². The lowest BCUT2D eigenvalue weighted by molar-refractivity contribution is -0.137. The Kier molecular flexibility index (Phi) is 5.21. The summed E-state index contributed by atoms with van der Waals surface area (Å²) in [6, 6.07) is 10.0. The third-order valence-electron chi connectivity index (χ3n) is 4.38. The molecule has 0 radical (unpaired) electrons. The van der Waals surface area contributed by atoms with Gasteiger partial charge in [0.1, 0.15) is 5.82 Å². The van der Waals surface area contributed by atoms with E-state index in [4.69, 9.17) is 4.74 Å². The highest BCUT2D eigenvalue weighted by Crippen LogP contribution is 2.32. The number of aromatic nitrogens is 2. The van der Waals surface area contributed by atoms with Crippen LogP contribution in [0.5, 0.6) is 0 Å². The predicted molar refractivity (Wildman–Crippen MR) is 96.4 cm³/mol. The highest BCUT2D eigenvalue weighted by molar-refractivity contribution is 5.94. The highest BCUT2D eigenvalue weighted by atomic mass is 19.4. The number of aryl methyl sites for hydroxylation is 1. The normalized spacial score (nSPS) is 11.7. The lowest BCUT2D eigenvalue weighted by Crippen LogP contribution is -2.05. The van der Waals surface area contributed by atoms with Gasteiger partial charge in [-0.2, -0.15) is 13.2 Å². The monoisotopic (exact) mass is 376 g/mol. The molecule has 0 unspecified atom stereocenters. The van der Waals surface area contributed by atoms with E-state index in [1.807, 2.05) is 4.57 Å². The van der Waals surface area contributed by atoms with Crippen LogP contribution < -0.4 is 0 Å². The van der Waals surface area contributed by atoms with Gasteiger partial charge in [-0.1, -0.05) is 25.5 Å². The molecule has 0 aliphatic rings. The largest absolute Gasteiger partial charge is 0.465 e. The van der Waals surface area contributed by atoms with E-state index < -0.39 is 17.7 Å². The second kappa shape index (κ2) is 7.42. The number of carbonyl (C=O) groups excluding carboxylic acids is 1. The van der Waals surface area contributed by atoms with Crippen molar-refractivity contribution in [2.24, 2.45) is 0 Å². The van der Waals surface area contributed by atoms with Gasteiger partial charge in [0.15, 0.2) is 0 Å². The van der Waals surface area contributed by atoms with E-state index in [1.54, 1.807) is 18.2 Å². The van der Waals surface area contributed by atoms with E-state index in [-0.39, 0.29) is 0 Å². The van der Waals surface area contributed by atoms with E-state index >= 15 is 0 Å². The fraction of sp³-hybridized carbons (Fsp3) is 0.300. The highest BCUT2D eigenvalue weighted by Gasteiger charge is 2.30. The second-order valence-electron chi connectivity index (χ2n) is 6.21. The number of hydrogen-bond donors (Lipinski definition) is 0. The summed E-state index contributed by atoms with van der Waals surface area (Å²) in [5.41, 5.74) is 1.72. The summed E-state index contributed by atoms with van der Waals surface area (Å²) in [6.07, 6.45) is -2.55. The van der Waals surface area contributed by atoms with Crippen LogP contribution in [0.1, 0.15) is 35.7 Å². The molecule has 0 amide bonds. The molecule has 2 aromatic carbocycles. The quantitative estimate of drug-likeness (QED) is 0.567. The fourth-order valence-corrected chi connectivity index (χ4v) is 2.94. The average molecular weight is 376 g/mol. The first-order chi connectivity index (χ1) is 12.8. The fourth-order valence-electron chi connectivity index (χ4n) is 2.94. The molecule has 0 aliphatic carbocycles. The second-order valence-corrected chi connectivity index (χ2v) is 6.21. The molecule has 1 heterocycles. The topological polar surface area (TPSA) is 44.1 Å². The number of imidazole rings is 1. The number of hydrogen-bond acceptors (Lipinski definition) is 3. The first-order valence-corrected chi connectivity index (χ1v) is 8.61. The molecule has 4 nitrogen and oxygen atoms in total. The van der Waals surface area contributed by atoms with Gasteiger partial charge in [-0.15, -0.1) is 0 Å². The first-order valence-electron chi connectivity index (χ1n) is 8.61. The number of halogens is 3. The Hall–Kier alpha value is -2.83. The van der Waals surface area contributed by atoms with Crippen molar-refractivity contribution < 1.29 is 22.7 Å². The maximum absolute atomic E-state index is 12.8. The van der Waals surface area contributed by atoms with Crippen molar-refractivity contribution in [1.82, 2.24) is 9.55 Å². The molecule has 0 spiro atoms. The van der Waals surface area contributed by atoms with Gasteiger partial charge in [0.25, 0.3) is 0 Å². The average Bonchev–Trinajstić information content (AvgIpc) is 3.02. The summed E-state index contributed by atoms with van der Waals surface area (Å²) >= 11 is 0. The molecular weight excluding hydrogens is 357 g/mol. The van der Waals surface area contributed by atoms with Crippen molar-refractivity contribution in [3.63, 3.8) is 0 Å². The van der Waals surface area contributed by atoms with Crippen molar-refractivity contribution >= 4 is 17.0 Å². The summed E-state index contributed by atoms with van der Waals surface area (Å²) in [6.45, 7) is 2.70. The Bertz CT molecular complexity index is 960. The van der Waals surface area contributed by atoms with E-state index in [1.165, 1.54) is 19.2 Å². The van der Waals surface area contributed by atoms with Crippen molar-refractivity contribution in [3.05, 3.63) is 53.6 Å². The third-order valence-corrected chi connectivity index (χ3v) is 4.38. The number of unbranched alkanes of at least 4 members (excludes halogenated alkanes) is 1. The van der Waals surface area contributed by atoms with Gasteiger partial charge >= 0.3 is 12.1 Å². The zero-order valence-corrected chi connectivity index (χ0v) is 15.0. The zero-order valence-electron chi connectivity index (χ0n) is 15.0. The molecule has 0 aliphatic heterocycles. The summed E-state index contributed by atoms with van der Waals surface area (Å²) in [5.74, 6) is 0.130. The number of methoxy groups -OCH3 is 1. The van der Waals surface area contributed by atoms with Gasteiger partial charge in [-0.25, -0.2) is 9.78 Å². The summed E-state index contributed by atoms with van der Waals surface area (Å²) in [5, 5.41) is 0. The smallest absolute Gasteiger partial charge is 0.416 e. The van der Waals surface area contributed by atoms with Gasteiger partial charge in [0, 0.05) is 12.1 Å². The summed E-state index contributed by atoms with van der Waals surface area (Å²) < 4.78 is 45.2. The maximum Gasteiger partial charge on any atom is 0.416 e. The van der Waals surface area contributed by atoms with Crippen molar-refractivity contribution in [1.29, 1.82) is 0 Å². The number of fused-ring (bicyclic) bond motifs is 1. The van der Waals surface area contributed by atoms with Crippen molar-refractivity contribution in [2.45, 2.75) is 32.5 Å². The van der Waals surface area contributed by atoms with Crippen LogP contribution in [0.4, 0.5) is 13.2 Å². The Labute approximate surface area is 154 Å². The molecule has 0 fully saturated rings. The molecule has 1 aromatic heterocycles. The standard InChI is InChI=1S/C20H19F3N2O2/c1-3-4-11-25-17-12-14(19(26)27-2)7-10-16(17)24-18(25)13-5-8-15(9-6-13)20(21,22)23/h5-10,12H,3-4,11H2,1-2H3. The van der Waals surface area contributed by atoms with Crippen molar-refractivity contribution in [3.8, 4) is 11.4 Å². The van der Waals surface area contributed by atoms with Gasteiger partial charge in [0.05, 0.1) is 29.3 Å². The van der Waals surface area contributed by atoms with E-state index in [0.29, 0.717) is 29.0 Å². The van der Waals surface area contributed by atoms with Crippen LogP contribution in [-0.4, -0.2) is 22.6 Å². The lowest BCUT2D eigenvalue weighted by Gasteiger charge is -2.11. The predicted octanol–water partition coefficient (Wildman–Crippen LogP) is 5.31. The molecule has 0 bridgehead atoms. The number of carbonyl (C=O) groups is 1. The van der Waals surface area contributed by atoms with Crippen LogP contribution in [0.25, 0.3) is 22.4 Å². The zero-order chi connectivity index (χ0) is 19.6. The number of alkyl halides is 3. The third kappa shape index (κ3) is 3.82. The maximum atomic E-state index is 12.8. The molecule has 27 heavy (non-hydrogen) atoms. The lowest BCUT2D eigenvalue weighted by atomic mass is 10.1. The van der Waals surface area contributed by atoms with Crippen molar-refractivity contribution in [2.75, 3.05) is 7.11 Å². The van der Waals surface area contributed by atoms with Crippen LogP contribution in [0, 0.1) is 0 Å². The summed E-state index contributed by atoms with van der Waals surface area (Å²) in [7, 11) is 1.31. The molecular formula is C20H19F3N2O2. The number of rotatable bonds is 5. The van der Waals surface area contributed by atoms with Gasteiger partial charge in [-0.3, -0.25) is 0 Å². The Morgan fingerprint density at radius 2 is 1.85 bits per heavy atom. The molecule has 0 saturated heterocycles. The van der Waals surface area contributed by atoms with E-state index in [9.17, 15) is 18.0 Å². The van der Waals surface area contributed by atoms with Gasteiger partial charge < -0.3 is 9.30 Å². The van der Waals surface area contributed by atoms with Gasteiger partial charge in [0.2, 0.25) is 0 Å².